The van der Waals surface area contributed by atoms with Crippen molar-refractivity contribution in [2.24, 2.45) is 4.99 Å². The van der Waals surface area contributed by atoms with Gasteiger partial charge in [0.2, 0.25) is 0 Å². The molecule has 2 nitrogen and oxygen atoms in total. The number of benzene rings is 8. The molecule has 274 valence electrons. The quantitative estimate of drug-likeness (QED) is 0.114. The monoisotopic (exact) mass is 740 g/mol. The third kappa shape index (κ3) is 5.77. The zero-order chi connectivity index (χ0) is 38.6. The van der Waals surface area contributed by atoms with Crippen molar-refractivity contribution in [3.8, 4) is 27.9 Å². The Hall–Kier alpha value is -7.25. The minimum atomic E-state index is 0.417. The van der Waals surface area contributed by atoms with E-state index in [1.807, 2.05) is 12.2 Å². The molecule has 58 heavy (non-hydrogen) atoms. The maximum absolute atomic E-state index is 5.17. The fourth-order valence-electron chi connectivity index (χ4n) is 9.37. The Bertz CT molecular complexity index is 3220. The number of para-hydroxylation sites is 1. The van der Waals surface area contributed by atoms with E-state index < -0.39 is 0 Å². The van der Waals surface area contributed by atoms with E-state index in [0.717, 1.165) is 29.7 Å². The Labute approximate surface area is 339 Å². The van der Waals surface area contributed by atoms with Gasteiger partial charge < -0.3 is 4.57 Å². The molecular weight excluding hydrogens is 701 g/mol. The molecule has 0 N–H and O–H groups in total. The second-order valence-electron chi connectivity index (χ2n) is 15.7. The highest BCUT2D eigenvalue weighted by Crippen LogP contribution is 2.48. The summed E-state index contributed by atoms with van der Waals surface area (Å²) in [6, 6.07) is 62.1. The number of nitrogens with zero attached hydrogens (tertiary/aromatic N) is 2. The summed E-state index contributed by atoms with van der Waals surface area (Å²) in [5.74, 6) is 0.417. The zero-order valence-electron chi connectivity index (χ0n) is 32.4. The van der Waals surface area contributed by atoms with Crippen LogP contribution in [0, 0.1) is 0 Å². The molecule has 1 unspecified atom stereocenters. The first kappa shape index (κ1) is 34.0. The van der Waals surface area contributed by atoms with Crippen molar-refractivity contribution >= 4 is 49.9 Å². The standard InChI is InChI=1S/C56H40N2/c1-37-33-54-56(50-23-10-7-19-46(37)50)55-48-21-6-4-15-41(48)29-32-53(55)58(54)52-31-30-45(47-20-8-9-22-49(47)52)36-57-51-24-11-5-16-44(51)34-38-25-27-40(28-26-38)43-18-12-17-42(35-43)39-13-2-3-14-39/h2-13,15-32,35-37H,33-34H2,1H3/b57-36+. The van der Waals surface area contributed by atoms with Crippen molar-refractivity contribution in [2.75, 3.05) is 0 Å². The summed E-state index contributed by atoms with van der Waals surface area (Å²) >= 11 is 0. The molecule has 0 bridgehead atoms. The normalized spacial score (nSPS) is 14.4. The van der Waals surface area contributed by atoms with Gasteiger partial charge in [0.1, 0.15) is 0 Å². The van der Waals surface area contributed by atoms with E-state index in [1.54, 1.807) is 0 Å². The van der Waals surface area contributed by atoms with Crippen LogP contribution in [0.1, 0.15) is 46.4 Å². The Morgan fingerprint density at radius 3 is 2.33 bits per heavy atom. The van der Waals surface area contributed by atoms with Crippen molar-refractivity contribution in [2.45, 2.75) is 25.7 Å². The molecule has 2 aliphatic rings. The van der Waals surface area contributed by atoms with Gasteiger partial charge in [0.05, 0.1) is 16.9 Å². The molecule has 1 atom stereocenters. The van der Waals surface area contributed by atoms with Crippen LogP contribution in [-0.4, -0.2) is 10.8 Å². The average Bonchev–Trinajstić information content (AvgIpc) is 3.94. The Balaban J connectivity index is 0.954. The van der Waals surface area contributed by atoms with Crippen LogP contribution < -0.4 is 0 Å². The second kappa shape index (κ2) is 14.0. The summed E-state index contributed by atoms with van der Waals surface area (Å²) in [4.78, 5) is 5.17. The van der Waals surface area contributed by atoms with E-state index in [1.165, 1.54) is 88.3 Å². The van der Waals surface area contributed by atoms with Crippen LogP contribution in [0.3, 0.4) is 0 Å². The van der Waals surface area contributed by atoms with Crippen LogP contribution in [0.2, 0.25) is 0 Å². The van der Waals surface area contributed by atoms with E-state index in [2.05, 4.69) is 199 Å². The number of rotatable bonds is 7. The van der Waals surface area contributed by atoms with Gasteiger partial charge in [0.25, 0.3) is 0 Å². The molecule has 0 aliphatic heterocycles. The lowest BCUT2D eigenvalue weighted by molar-refractivity contribution is 0.721. The Morgan fingerprint density at radius 2 is 1.45 bits per heavy atom. The molecule has 9 aromatic rings. The smallest absolute Gasteiger partial charge is 0.0665 e. The third-order valence-corrected chi connectivity index (χ3v) is 12.2. The molecule has 0 fully saturated rings. The molecule has 11 rings (SSSR count). The molecule has 8 aromatic carbocycles. The number of hydrogen-bond donors (Lipinski definition) is 0. The van der Waals surface area contributed by atoms with Gasteiger partial charge in [-0.2, -0.15) is 0 Å². The van der Waals surface area contributed by atoms with Gasteiger partial charge in [-0.15, -0.1) is 5.73 Å². The summed E-state index contributed by atoms with van der Waals surface area (Å²) in [5.41, 5.74) is 20.6. The summed E-state index contributed by atoms with van der Waals surface area (Å²) < 4.78 is 2.56. The van der Waals surface area contributed by atoms with Gasteiger partial charge in [0.15, 0.2) is 0 Å². The van der Waals surface area contributed by atoms with Crippen LogP contribution in [0.15, 0.2) is 199 Å². The van der Waals surface area contributed by atoms with E-state index in [-0.39, 0.29) is 0 Å². The fourth-order valence-corrected chi connectivity index (χ4v) is 9.37. The largest absolute Gasteiger partial charge is 0.312 e. The van der Waals surface area contributed by atoms with Crippen molar-refractivity contribution in [3.05, 3.63) is 227 Å². The highest BCUT2D eigenvalue weighted by Gasteiger charge is 2.30. The first-order valence-electron chi connectivity index (χ1n) is 20.3. The van der Waals surface area contributed by atoms with Gasteiger partial charge in [0, 0.05) is 39.4 Å². The SMILES string of the molecule is CC1Cc2c(c3c4ccccc4ccc3n2-c2ccc(/C=N/c3ccccc3Cc3ccc(-c4cccc(C5=C=CC=C5)c4)cc3)c3ccccc23)-c2ccccc21. The first-order chi connectivity index (χ1) is 28.7. The summed E-state index contributed by atoms with van der Waals surface area (Å²) in [6.45, 7) is 2.37. The minimum absolute atomic E-state index is 0.417. The lowest BCUT2D eigenvalue weighted by atomic mass is 9.81. The molecule has 0 saturated carbocycles. The van der Waals surface area contributed by atoms with Gasteiger partial charge >= 0.3 is 0 Å². The molecule has 2 aliphatic carbocycles. The summed E-state index contributed by atoms with van der Waals surface area (Å²) in [5, 5.41) is 6.33. The number of aromatic nitrogens is 1. The van der Waals surface area contributed by atoms with E-state index in [4.69, 9.17) is 4.99 Å². The van der Waals surface area contributed by atoms with Crippen LogP contribution in [0.25, 0.3) is 66.0 Å². The minimum Gasteiger partial charge on any atom is -0.312 e. The second-order valence-corrected chi connectivity index (χ2v) is 15.7. The molecule has 0 amide bonds. The lowest BCUT2D eigenvalue weighted by Crippen LogP contribution is -2.12. The average molecular weight is 741 g/mol. The van der Waals surface area contributed by atoms with Crippen molar-refractivity contribution < 1.29 is 0 Å². The van der Waals surface area contributed by atoms with Crippen LogP contribution in [-0.2, 0) is 12.8 Å². The molecule has 1 heterocycles. The van der Waals surface area contributed by atoms with E-state index in [9.17, 15) is 0 Å². The summed E-state index contributed by atoms with van der Waals surface area (Å²) in [7, 11) is 0. The molecule has 0 spiro atoms. The Kier molecular flexibility index (Phi) is 8.24. The molecular formula is C56H40N2. The number of hydrogen-bond acceptors (Lipinski definition) is 1. The zero-order valence-corrected chi connectivity index (χ0v) is 32.4. The summed E-state index contributed by atoms with van der Waals surface area (Å²) in [6.07, 6.45) is 9.95. The maximum Gasteiger partial charge on any atom is 0.0665 e. The number of aliphatic imine (C=N–C) groups is 1. The molecule has 2 heteroatoms. The van der Waals surface area contributed by atoms with Gasteiger partial charge in [-0.3, -0.25) is 4.99 Å². The third-order valence-electron chi connectivity index (χ3n) is 12.2. The van der Waals surface area contributed by atoms with Crippen LogP contribution in [0.5, 0.6) is 0 Å². The Morgan fingerprint density at radius 1 is 0.672 bits per heavy atom. The van der Waals surface area contributed by atoms with Crippen molar-refractivity contribution in [1.29, 1.82) is 0 Å². The number of fused-ring (bicyclic) bond motifs is 8. The van der Waals surface area contributed by atoms with E-state index >= 15 is 0 Å². The topological polar surface area (TPSA) is 17.3 Å². The predicted molar refractivity (Wildman–Crippen MR) is 245 cm³/mol. The number of allylic oxidation sites excluding steroid dienone is 3. The fraction of sp³-hybridized carbons (Fsp3) is 0.0714. The maximum atomic E-state index is 5.17. The molecule has 1 aromatic heterocycles. The lowest BCUT2D eigenvalue weighted by Gasteiger charge is -2.25. The molecule has 0 radical (unpaired) electrons. The van der Waals surface area contributed by atoms with Crippen LogP contribution >= 0.6 is 0 Å². The van der Waals surface area contributed by atoms with Crippen molar-refractivity contribution in [3.63, 3.8) is 0 Å². The first-order valence-corrected chi connectivity index (χ1v) is 20.3. The van der Waals surface area contributed by atoms with Crippen molar-refractivity contribution in [1.82, 2.24) is 4.57 Å². The van der Waals surface area contributed by atoms with Gasteiger partial charge in [-0.25, -0.2) is 0 Å². The van der Waals surface area contributed by atoms with Crippen LogP contribution in [0.4, 0.5) is 5.69 Å². The highest BCUT2D eigenvalue weighted by atomic mass is 15.0. The highest BCUT2D eigenvalue weighted by molar-refractivity contribution is 6.17. The van der Waals surface area contributed by atoms with E-state index in [0.29, 0.717) is 5.92 Å². The predicted octanol–water partition coefficient (Wildman–Crippen LogP) is 14.4. The molecule has 0 saturated heterocycles. The van der Waals surface area contributed by atoms with Gasteiger partial charge in [-0.05, 0) is 110 Å². The van der Waals surface area contributed by atoms with Gasteiger partial charge in [-0.1, -0.05) is 159 Å².